The molecular formula is C14H20F4N2O. The molecule has 3 nitrogen and oxygen atoms in total. The van der Waals surface area contributed by atoms with E-state index in [4.69, 9.17) is 10.5 Å². The molecule has 0 saturated carbocycles. The van der Waals surface area contributed by atoms with Gasteiger partial charge in [-0.25, -0.2) is 4.39 Å². The number of nitrogens with zero attached hydrogens (tertiary/aromatic N) is 1. The van der Waals surface area contributed by atoms with Crippen LogP contribution in [0.25, 0.3) is 0 Å². The second kappa shape index (κ2) is 7.72. The Bertz CT molecular complexity index is 451. The van der Waals surface area contributed by atoms with Crippen molar-refractivity contribution in [1.82, 2.24) is 4.90 Å². The molecule has 0 heterocycles. The fourth-order valence-corrected chi connectivity index (χ4v) is 2.22. The minimum Gasteiger partial charge on any atom is -0.385 e. The Morgan fingerprint density at radius 1 is 1.33 bits per heavy atom. The lowest BCUT2D eigenvalue weighted by Crippen LogP contribution is -2.33. The van der Waals surface area contributed by atoms with E-state index in [2.05, 4.69) is 0 Å². The van der Waals surface area contributed by atoms with Gasteiger partial charge in [-0.15, -0.1) is 0 Å². The standard InChI is InChI=1S/C14H20F4N2O/c1-20(6-3-7-21-2)13(9-19)11-5-4-10(15)8-12(11)14(16,17)18/h4-5,8,13H,3,6-7,9,19H2,1-2H3. The Morgan fingerprint density at radius 3 is 2.52 bits per heavy atom. The molecule has 0 aromatic heterocycles. The maximum atomic E-state index is 13.1. The lowest BCUT2D eigenvalue weighted by molar-refractivity contribution is -0.138. The molecule has 7 heteroatoms. The third kappa shape index (κ3) is 4.94. The van der Waals surface area contributed by atoms with Gasteiger partial charge in [-0.3, -0.25) is 4.90 Å². The number of hydrogen-bond donors (Lipinski definition) is 1. The normalized spacial score (nSPS) is 13.7. The van der Waals surface area contributed by atoms with Gasteiger partial charge in [0.1, 0.15) is 5.82 Å². The van der Waals surface area contributed by atoms with Crippen LogP contribution in [0.4, 0.5) is 17.6 Å². The Morgan fingerprint density at radius 2 is 2.00 bits per heavy atom. The maximum absolute atomic E-state index is 13.1. The highest BCUT2D eigenvalue weighted by Crippen LogP contribution is 2.36. The summed E-state index contributed by atoms with van der Waals surface area (Å²) in [7, 11) is 3.25. The van der Waals surface area contributed by atoms with Crippen molar-refractivity contribution in [1.29, 1.82) is 0 Å². The molecule has 1 rings (SSSR count). The SMILES string of the molecule is COCCCN(C)C(CN)c1ccc(F)cc1C(F)(F)F. The summed E-state index contributed by atoms with van der Waals surface area (Å²) in [5.41, 5.74) is 4.64. The van der Waals surface area contributed by atoms with Gasteiger partial charge in [-0.1, -0.05) is 6.07 Å². The van der Waals surface area contributed by atoms with E-state index in [1.165, 1.54) is 0 Å². The summed E-state index contributed by atoms with van der Waals surface area (Å²) in [6, 6.07) is 2.07. The van der Waals surface area contributed by atoms with Gasteiger partial charge in [0.15, 0.2) is 0 Å². The highest BCUT2D eigenvalue weighted by atomic mass is 19.4. The number of rotatable bonds is 7. The van der Waals surface area contributed by atoms with Crippen molar-refractivity contribution in [2.75, 3.05) is 33.9 Å². The van der Waals surface area contributed by atoms with Crippen molar-refractivity contribution in [2.24, 2.45) is 5.73 Å². The molecule has 1 unspecified atom stereocenters. The maximum Gasteiger partial charge on any atom is 0.416 e. The molecule has 0 bridgehead atoms. The minimum atomic E-state index is -4.61. The Hall–Kier alpha value is -1.18. The third-order valence-electron chi connectivity index (χ3n) is 3.29. The molecule has 0 amide bonds. The molecule has 0 aliphatic carbocycles. The fraction of sp³-hybridized carbons (Fsp3) is 0.571. The van der Waals surface area contributed by atoms with Crippen LogP contribution in [-0.4, -0.2) is 38.8 Å². The largest absolute Gasteiger partial charge is 0.416 e. The van der Waals surface area contributed by atoms with E-state index in [9.17, 15) is 17.6 Å². The van der Waals surface area contributed by atoms with Crippen LogP contribution >= 0.6 is 0 Å². The Labute approximate surface area is 121 Å². The van der Waals surface area contributed by atoms with E-state index in [1.54, 1.807) is 19.1 Å². The quantitative estimate of drug-likeness (QED) is 0.622. The molecule has 1 atom stereocenters. The minimum absolute atomic E-state index is 0.00804. The zero-order valence-electron chi connectivity index (χ0n) is 12.1. The van der Waals surface area contributed by atoms with Crippen molar-refractivity contribution >= 4 is 0 Å². The second-order valence-electron chi connectivity index (χ2n) is 4.81. The highest BCUT2D eigenvalue weighted by Gasteiger charge is 2.36. The van der Waals surface area contributed by atoms with E-state index in [0.717, 1.165) is 12.1 Å². The molecule has 0 spiro atoms. The predicted octanol–water partition coefficient (Wildman–Crippen LogP) is 2.81. The van der Waals surface area contributed by atoms with Gasteiger partial charge in [0.2, 0.25) is 0 Å². The van der Waals surface area contributed by atoms with Crippen LogP contribution in [0.1, 0.15) is 23.6 Å². The van der Waals surface area contributed by atoms with E-state index in [-0.39, 0.29) is 12.1 Å². The van der Waals surface area contributed by atoms with Gasteiger partial charge in [-0.2, -0.15) is 13.2 Å². The van der Waals surface area contributed by atoms with Gasteiger partial charge in [0, 0.05) is 32.8 Å². The summed E-state index contributed by atoms with van der Waals surface area (Å²) in [6.07, 6.45) is -3.94. The number of methoxy groups -OCH3 is 1. The van der Waals surface area contributed by atoms with Crippen LogP contribution in [0.15, 0.2) is 18.2 Å². The van der Waals surface area contributed by atoms with Crippen molar-refractivity contribution in [3.05, 3.63) is 35.1 Å². The molecule has 1 aromatic rings. The summed E-state index contributed by atoms with van der Waals surface area (Å²) >= 11 is 0. The fourth-order valence-electron chi connectivity index (χ4n) is 2.22. The molecule has 2 N–H and O–H groups in total. The van der Waals surface area contributed by atoms with Gasteiger partial charge >= 0.3 is 6.18 Å². The molecule has 0 aliphatic heterocycles. The third-order valence-corrected chi connectivity index (χ3v) is 3.29. The summed E-state index contributed by atoms with van der Waals surface area (Å²) in [4.78, 5) is 1.72. The Kier molecular flexibility index (Phi) is 6.57. The number of nitrogens with two attached hydrogens (primary N) is 1. The van der Waals surface area contributed by atoms with Gasteiger partial charge in [0.25, 0.3) is 0 Å². The number of likely N-dealkylation sites (N-methyl/N-ethyl adjacent to an activating group) is 1. The first-order chi connectivity index (χ1) is 9.81. The molecule has 0 aliphatic rings. The van der Waals surface area contributed by atoms with Crippen LogP contribution in [0, 0.1) is 5.82 Å². The molecule has 120 valence electrons. The zero-order chi connectivity index (χ0) is 16.0. The molecule has 0 fully saturated rings. The smallest absolute Gasteiger partial charge is 0.385 e. The van der Waals surface area contributed by atoms with E-state index in [1.807, 2.05) is 0 Å². The molecule has 0 radical (unpaired) electrons. The summed E-state index contributed by atoms with van der Waals surface area (Å²) in [6.45, 7) is 1.06. The predicted molar refractivity (Wildman–Crippen MR) is 72.3 cm³/mol. The van der Waals surface area contributed by atoms with Crippen molar-refractivity contribution in [2.45, 2.75) is 18.6 Å². The molecule has 1 aromatic carbocycles. The monoisotopic (exact) mass is 308 g/mol. The topological polar surface area (TPSA) is 38.5 Å². The lowest BCUT2D eigenvalue weighted by atomic mass is 9.98. The van der Waals surface area contributed by atoms with Crippen LogP contribution in [0.2, 0.25) is 0 Å². The summed E-state index contributed by atoms with van der Waals surface area (Å²) in [5, 5.41) is 0. The molecular weight excluding hydrogens is 288 g/mol. The first kappa shape index (κ1) is 17.9. The second-order valence-corrected chi connectivity index (χ2v) is 4.81. The number of benzene rings is 1. The van der Waals surface area contributed by atoms with Crippen molar-refractivity contribution in [3.63, 3.8) is 0 Å². The van der Waals surface area contributed by atoms with E-state index < -0.39 is 23.6 Å². The van der Waals surface area contributed by atoms with E-state index >= 15 is 0 Å². The average molecular weight is 308 g/mol. The number of ether oxygens (including phenoxy) is 1. The Balaban J connectivity index is 3.05. The highest BCUT2D eigenvalue weighted by molar-refractivity contribution is 5.33. The summed E-state index contributed by atoms with van der Waals surface area (Å²) < 4.78 is 57.2. The van der Waals surface area contributed by atoms with Gasteiger partial charge in [-0.05, 0) is 31.2 Å². The van der Waals surface area contributed by atoms with Crippen LogP contribution < -0.4 is 5.73 Å². The lowest BCUT2D eigenvalue weighted by Gasteiger charge is -2.29. The average Bonchev–Trinajstić information content (AvgIpc) is 2.40. The van der Waals surface area contributed by atoms with E-state index in [0.29, 0.717) is 25.6 Å². The summed E-state index contributed by atoms with van der Waals surface area (Å²) in [5.74, 6) is -0.913. The molecule has 21 heavy (non-hydrogen) atoms. The van der Waals surface area contributed by atoms with Crippen LogP contribution in [-0.2, 0) is 10.9 Å². The van der Waals surface area contributed by atoms with Crippen molar-refractivity contribution < 1.29 is 22.3 Å². The van der Waals surface area contributed by atoms with Gasteiger partial charge < -0.3 is 10.5 Å². The number of alkyl halides is 3. The molecule has 0 saturated heterocycles. The van der Waals surface area contributed by atoms with Crippen LogP contribution in [0.5, 0.6) is 0 Å². The zero-order valence-corrected chi connectivity index (χ0v) is 12.1. The van der Waals surface area contributed by atoms with Crippen molar-refractivity contribution in [3.8, 4) is 0 Å². The van der Waals surface area contributed by atoms with Crippen LogP contribution in [0.3, 0.4) is 0 Å². The number of hydrogen-bond acceptors (Lipinski definition) is 3. The van der Waals surface area contributed by atoms with Gasteiger partial charge in [0.05, 0.1) is 5.56 Å². The first-order valence-corrected chi connectivity index (χ1v) is 6.57. The first-order valence-electron chi connectivity index (χ1n) is 6.57. The number of halogens is 4.